The quantitative estimate of drug-likeness (QED) is 0.909. The molecule has 1 aromatic carbocycles. The lowest BCUT2D eigenvalue weighted by atomic mass is 10.0. The van der Waals surface area contributed by atoms with Crippen LogP contribution in [0.4, 0.5) is 4.39 Å². The van der Waals surface area contributed by atoms with Gasteiger partial charge in [-0.2, -0.15) is 5.26 Å². The van der Waals surface area contributed by atoms with Crippen LogP contribution in [0.5, 0.6) is 0 Å². The molecular formula is C13H15FN2O2S. The average molecular weight is 282 g/mol. The molecule has 1 N–H and O–H groups in total. The number of sulfone groups is 1. The zero-order valence-electron chi connectivity index (χ0n) is 10.6. The maximum absolute atomic E-state index is 13.2. The van der Waals surface area contributed by atoms with Crippen molar-refractivity contribution in [1.82, 2.24) is 5.32 Å². The van der Waals surface area contributed by atoms with Gasteiger partial charge in [-0.1, -0.05) is 0 Å². The van der Waals surface area contributed by atoms with Crippen LogP contribution < -0.4 is 5.32 Å². The van der Waals surface area contributed by atoms with E-state index < -0.39 is 21.2 Å². The van der Waals surface area contributed by atoms with E-state index in [0.29, 0.717) is 17.5 Å². The van der Waals surface area contributed by atoms with Gasteiger partial charge in [0.15, 0.2) is 9.84 Å². The number of rotatable bonds is 3. The largest absolute Gasteiger partial charge is 0.306 e. The lowest BCUT2D eigenvalue weighted by molar-refractivity contribution is 0.395. The maximum Gasteiger partial charge on any atom is 0.152 e. The summed E-state index contributed by atoms with van der Waals surface area (Å²) in [6.45, 7) is 2.12. The Morgan fingerprint density at radius 1 is 1.53 bits per heavy atom. The van der Waals surface area contributed by atoms with Crippen LogP contribution in [-0.4, -0.2) is 25.5 Å². The minimum atomic E-state index is -2.98. The highest BCUT2D eigenvalue weighted by Gasteiger charge is 2.37. The van der Waals surface area contributed by atoms with E-state index in [4.69, 9.17) is 5.26 Å². The van der Waals surface area contributed by atoms with Crippen molar-refractivity contribution in [2.75, 3.05) is 11.5 Å². The van der Waals surface area contributed by atoms with Crippen LogP contribution in [0, 0.1) is 17.1 Å². The monoisotopic (exact) mass is 282 g/mol. The molecule has 2 rings (SSSR count). The number of hydrogen-bond donors (Lipinski definition) is 1. The smallest absolute Gasteiger partial charge is 0.152 e. The Bertz CT molecular complexity index is 637. The third-order valence-corrected chi connectivity index (χ3v) is 5.30. The van der Waals surface area contributed by atoms with Gasteiger partial charge in [0, 0.05) is 12.1 Å². The fourth-order valence-corrected chi connectivity index (χ4v) is 4.40. The molecule has 0 aliphatic carbocycles. The third kappa shape index (κ3) is 3.31. The van der Waals surface area contributed by atoms with Crippen LogP contribution in [0.3, 0.4) is 0 Å². The standard InChI is InChI=1S/C13H15FN2O2S/c1-13(4-5-19(17,18)9-13)16-8-11-6-12(14)3-2-10(11)7-15/h2-3,6,16H,4-5,8-9H2,1H3. The van der Waals surface area contributed by atoms with E-state index in [2.05, 4.69) is 5.32 Å². The van der Waals surface area contributed by atoms with Gasteiger partial charge < -0.3 is 5.32 Å². The van der Waals surface area contributed by atoms with Crippen LogP contribution in [0.25, 0.3) is 0 Å². The number of nitrogens with zero attached hydrogens (tertiary/aromatic N) is 1. The van der Waals surface area contributed by atoms with Gasteiger partial charge in [-0.15, -0.1) is 0 Å². The Balaban J connectivity index is 2.12. The molecule has 102 valence electrons. The number of nitriles is 1. The van der Waals surface area contributed by atoms with E-state index in [1.54, 1.807) is 0 Å². The molecule has 1 aliphatic heterocycles. The Kier molecular flexibility index (Phi) is 3.61. The SMILES string of the molecule is CC1(NCc2cc(F)ccc2C#N)CCS(=O)(=O)C1. The molecule has 0 amide bonds. The molecule has 0 bridgehead atoms. The van der Waals surface area contributed by atoms with Crippen molar-refractivity contribution in [3.63, 3.8) is 0 Å². The minimum absolute atomic E-state index is 0.0806. The zero-order valence-corrected chi connectivity index (χ0v) is 11.4. The highest BCUT2D eigenvalue weighted by molar-refractivity contribution is 7.91. The lowest BCUT2D eigenvalue weighted by Crippen LogP contribution is -2.43. The number of halogens is 1. The Morgan fingerprint density at radius 2 is 2.26 bits per heavy atom. The van der Waals surface area contributed by atoms with Gasteiger partial charge in [-0.3, -0.25) is 0 Å². The highest BCUT2D eigenvalue weighted by Crippen LogP contribution is 2.23. The van der Waals surface area contributed by atoms with E-state index in [0.717, 1.165) is 0 Å². The first kappa shape index (κ1) is 14.0. The van der Waals surface area contributed by atoms with Crippen LogP contribution >= 0.6 is 0 Å². The summed E-state index contributed by atoms with van der Waals surface area (Å²) in [6, 6.07) is 5.98. The Hall–Kier alpha value is -1.45. The highest BCUT2D eigenvalue weighted by atomic mass is 32.2. The van der Waals surface area contributed by atoms with Crippen molar-refractivity contribution in [1.29, 1.82) is 5.26 Å². The summed E-state index contributed by atoms with van der Waals surface area (Å²) in [7, 11) is -2.98. The van der Waals surface area contributed by atoms with E-state index in [9.17, 15) is 12.8 Å². The fourth-order valence-electron chi connectivity index (χ4n) is 2.28. The van der Waals surface area contributed by atoms with Gasteiger partial charge in [0.2, 0.25) is 0 Å². The topological polar surface area (TPSA) is 70.0 Å². The molecule has 19 heavy (non-hydrogen) atoms. The molecule has 1 aliphatic rings. The molecule has 0 saturated carbocycles. The predicted molar refractivity (Wildman–Crippen MR) is 69.6 cm³/mol. The number of hydrogen-bond acceptors (Lipinski definition) is 4. The molecule has 1 heterocycles. The second-order valence-corrected chi connectivity index (χ2v) is 7.35. The molecule has 1 unspecified atom stereocenters. The van der Waals surface area contributed by atoms with E-state index in [1.807, 2.05) is 13.0 Å². The summed E-state index contributed by atoms with van der Waals surface area (Å²) in [5.41, 5.74) is 0.448. The summed E-state index contributed by atoms with van der Waals surface area (Å²) in [5, 5.41) is 12.1. The molecule has 1 aromatic rings. The third-order valence-electron chi connectivity index (χ3n) is 3.40. The van der Waals surface area contributed by atoms with Crippen LogP contribution in [0.15, 0.2) is 18.2 Å². The molecular weight excluding hydrogens is 267 g/mol. The van der Waals surface area contributed by atoms with Gasteiger partial charge in [0.05, 0.1) is 23.1 Å². The minimum Gasteiger partial charge on any atom is -0.306 e. The summed E-state index contributed by atoms with van der Waals surface area (Å²) >= 11 is 0. The van der Waals surface area contributed by atoms with E-state index in [1.165, 1.54) is 18.2 Å². The van der Waals surface area contributed by atoms with Gasteiger partial charge >= 0.3 is 0 Å². The fraction of sp³-hybridized carbons (Fsp3) is 0.462. The average Bonchev–Trinajstić information content (AvgIpc) is 2.62. The zero-order chi connectivity index (χ0) is 14.1. The van der Waals surface area contributed by atoms with Gasteiger partial charge in [-0.25, -0.2) is 12.8 Å². The molecule has 0 spiro atoms. The van der Waals surface area contributed by atoms with Crippen LogP contribution in [-0.2, 0) is 16.4 Å². The normalized spacial score (nSPS) is 25.1. The van der Waals surface area contributed by atoms with Crippen molar-refractivity contribution >= 4 is 9.84 Å². The molecule has 4 nitrogen and oxygen atoms in total. The lowest BCUT2D eigenvalue weighted by Gasteiger charge is -2.24. The molecule has 6 heteroatoms. The van der Waals surface area contributed by atoms with Crippen molar-refractivity contribution in [3.8, 4) is 6.07 Å². The molecule has 1 atom stereocenters. The van der Waals surface area contributed by atoms with Gasteiger partial charge in [0.25, 0.3) is 0 Å². The molecule has 1 fully saturated rings. The van der Waals surface area contributed by atoms with E-state index in [-0.39, 0.29) is 18.1 Å². The Morgan fingerprint density at radius 3 is 2.84 bits per heavy atom. The van der Waals surface area contributed by atoms with E-state index >= 15 is 0 Å². The van der Waals surface area contributed by atoms with Crippen molar-refractivity contribution in [2.24, 2.45) is 0 Å². The number of benzene rings is 1. The maximum atomic E-state index is 13.2. The van der Waals surface area contributed by atoms with Crippen molar-refractivity contribution in [2.45, 2.75) is 25.4 Å². The van der Waals surface area contributed by atoms with Crippen LogP contribution in [0.2, 0.25) is 0 Å². The van der Waals surface area contributed by atoms with Crippen molar-refractivity contribution < 1.29 is 12.8 Å². The predicted octanol–water partition coefficient (Wildman–Crippen LogP) is 1.36. The molecule has 0 radical (unpaired) electrons. The first-order chi connectivity index (χ1) is 8.84. The first-order valence-electron chi connectivity index (χ1n) is 5.98. The number of nitrogens with one attached hydrogen (secondary N) is 1. The van der Waals surface area contributed by atoms with Crippen LogP contribution in [0.1, 0.15) is 24.5 Å². The summed E-state index contributed by atoms with van der Waals surface area (Å²) < 4.78 is 36.1. The second-order valence-electron chi connectivity index (χ2n) is 5.17. The summed E-state index contributed by atoms with van der Waals surface area (Å²) in [6.07, 6.45) is 0.534. The van der Waals surface area contributed by atoms with Gasteiger partial charge in [-0.05, 0) is 37.1 Å². The second kappa shape index (κ2) is 4.91. The van der Waals surface area contributed by atoms with Gasteiger partial charge in [0.1, 0.15) is 5.82 Å². The summed E-state index contributed by atoms with van der Waals surface area (Å²) in [4.78, 5) is 0. The molecule has 0 aromatic heterocycles. The summed E-state index contributed by atoms with van der Waals surface area (Å²) in [5.74, 6) is -0.151. The Labute approximate surface area is 112 Å². The van der Waals surface area contributed by atoms with Crippen molar-refractivity contribution in [3.05, 3.63) is 35.1 Å². The first-order valence-corrected chi connectivity index (χ1v) is 7.80. The molecule has 1 saturated heterocycles.